The first-order chi connectivity index (χ1) is 8.76. The molecule has 2 aliphatic heterocycles. The van der Waals surface area contributed by atoms with Gasteiger partial charge in [0.1, 0.15) is 11.8 Å². The van der Waals surface area contributed by atoms with Crippen molar-refractivity contribution in [2.75, 3.05) is 0 Å². The van der Waals surface area contributed by atoms with Crippen molar-refractivity contribution in [2.24, 2.45) is 5.92 Å². The van der Waals surface area contributed by atoms with Crippen LogP contribution in [0, 0.1) is 17.2 Å². The van der Waals surface area contributed by atoms with Crippen LogP contribution in [0.4, 0.5) is 0 Å². The van der Waals surface area contributed by atoms with Gasteiger partial charge in [0.25, 0.3) is 0 Å². The van der Waals surface area contributed by atoms with Crippen molar-refractivity contribution in [2.45, 2.75) is 37.9 Å². The van der Waals surface area contributed by atoms with Crippen molar-refractivity contribution < 1.29 is 9.53 Å². The van der Waals surface area contributed by atoms with E-state index < -0.39 is 0 Å². The summed E-state index contributed by atoms with van der Waals surface area (Å²) >= 11 is 0. The molecule has 4 heteroatoms. The van der Waals surface area contributed by atoms with Crippen LogP contribution >= 0.6 is 0 Å². The third-order valence-electron chi connectivity index (χ3n) is 3.82. The molecule has 0 spiro atoms. The van der Waals surface area contributed by atoms with E-state index in [-0.39, 0.29) is 23.9 Å². The molecule has 3 heterocycles. The largest absolute Gasteiger partial charge is 0.375 e. The molecule has 0 radical (unpaired) electrons. The number of hydrogen-bond acceptors (Lipinski definition) is 4. The fraction of sp³-hybridized carbons (Fsp3) is 0.500. The molecule has 2 bridgehead atoms. The summed E-state index contributed by atoms with van der Waals surface area (Å²) in [6, 6.07) is 5.25. The van der Waals surface area contributed by atoms with Crippen molar-refractivity contribution in [3.8, 4) is 6.07 Å². The molecule has 18 heavy (non-hydrogen) atoms. The fourth-order valence-corrected chi connectivity index (χ4v) is 2.95. The second-order valence-electron chi connectivity index (χ2n) is 5.03. The SMILES string of the molecule is N#Cc1cc(C(=O)C2CC3CCC(C2)O3)ccn1. The summed E-state index contributed by atoms with van der Waals surface area (Å²) in [4.78, 5) is 16.3. The number of carbonyl (C=O) groups is 1. The summed E-state index contributed by atoms with van der Waals surface area (Å²) in [6.07, 6.45) is 5.84. The molecule has 2 aliphatic rings. The van der Waals surface area contributed by atoms with E-state index >= 15 is 0 Å². The van der Waals surface area contributed by atoms with Crippen LogP contribution in [0.1, 0.15) is 41.7 Å². The Labute approximate surface area is 106 Å². The standard InChI is InChI=1S/C14H14N2O2/c15-8-11-5-9(3-4-16-11)14(17)10-6-12-1-2-13(7-10)18-12/h3-5,10,12-13H,1-2,6-7H2. The Kier molecular flexibility index (Phi) is 2.85. The number of pyridine rings is 1. The number of nitriles is 1. The Morgan fingerprint density at radius 3 is 2.78 bits per heavy atom. The van der Waals surface area contributed by atoms with Gasteiger partial charge in [-0.1, -0.05) is 0 Å². The molecule has 0 aliphatic carbocycles. The molecule has 0 saturated carbocycles. The van der Waals surface area contributed by atoms with Crippen LogP contribution in [0.25, 0.3) is 0 Å². The topological polar surface area (TPSA) is 63.0 Å². The average Bonchev–Trinajstić information content (AvgIpc) is 2.76. The molecule has 2 atom stereocenters. The molecular weight excluding hydrogens is 228 g/mol. The molecule has 0 aromatic carbocycles. The zero-order chi connectivity index (χ0) is 12.5. The number of hydrogen-bond donors (Lipinski definition) is 0. The normalized spacial score (nSPS) is 29.8. The van der Waals surface area contributed by atoms with Crippen molar-refractivity contribution >= 4 is 5.78 Å². The van der Waals surface area contributed by atoms with E-state index in [2.05, 4.69) is 4.98 Å². The molecule has 1 aromatic heterocycles. The highest BCUT2D eigenvalue weighted by Gasteiger charge is 2.38. The lowest BCUT2D eigenvalue weighted by molar-refractivity contribution is -0.0149. The fourth-order valence-electron chi connectivity index (χ4n) is 2.95. The minimum Gasteiger partial charge on any atom is -0.375 e. The summed E-state index contributed by atoms with van der Waals surface area (Å²) in [5.74, 6) is 0.180. The van der Waals surface area contributed by atoms with Gasteiger partial charge < -0.3 is 4.74 Å². The van der Waals surface area contributed by atoms with E-state index in [1.54, 1.807) is 12.1 Å². The molecule has 0 amide bonds. The highest BCUT2D eigenvalue weighted by molar-refractivity contribution is 5.98. The number of aromatic nitrogens is 1. The number of fused-ring (bicyclic) bond motifs is 2. The van der Waals surface area contributed by atoms with E-state index in [1.165, 1.54) is 6.20 Å². The molecule has 92 valence electrons. The summed E-state index contributed by atoms with van der Waals surface area (Å²) in [5.41, 5.74) is 0.906. The molecule has 2 saturated heterocycles. The Bertz CT molecular complexity index is 509. The molecule has 2 unspecified atom stereocenters. The maximum Gasteiger partial charge on any atom is 0.166 e. The lowest BCUT2D eigenvalue weighted by Crippen LogP contribution is -2.30. The average molecular weight is 242 g/mol. The summed E-state index contributed by atoms with van der Waals surface area (Å²) < 4.78 is 5.74. The van der Waals surface area contributed by atoms with Gasteiger partial charge in [-0.2, -0.15) is 5.26 Å². The van der Waals surface area contributed by atoms with Crippen molar-refractivity contribution in [3.63, 3.8) is 0 Å². The quantitative estimate of drug-likeness (QED) is 0.745. The lowest BCUT2D eigenvalue weighted by atomic mass is 9.88. The van der Waals surface area contributed by atoms with E-state index in [0.717, 1.165) is 25.7 Å². The summed E-state index contributed by atoms with van der Waals surface area (Å²) in [6.45, 7) is 0. The van der Waals surface area contributed by atoms with Crippen LogP contribution < -0.4 is 0 Å². The highest BCUT2D eigenvalue weighted by Crippen LogP contribution is 2.37. The first-order valence-corrected chi connectivity index (χ1v) is 6.32. The van der Waals surface area contributed by atoms with Gasteiger partial charge in [-0.25, -0.2) is 4.98 Å². The van der Waals surface area contributed by atoms with Crippen molar-refractivity contribution in [3.05, 3.63) is 29.6 Å². The number of rotatable bonds is 2. The predicted octanol–water partition coefficient (Wildman–Crippen LogP) is 2.09. The van der Waals surface area contributed by atoms with E-state index in [0.29, 0.717) is 11.3 Å². The minimum absolute atomic E-state index is 0.0465. The van der Waals surface area contributed by atoms with Crippen LogP contribution in [0.15, 0.2) is 18.3 Å². The Morgan fingerprint density at radius 2 is 2.11 bits per heavy atom. The third-order valence-corrected chi connectivity index (χ3v) is 3.82. The summed E-state index contributed by atoms with van der Waals surface area (Å²) in [7, 11) is 0. The van der Waals surface area contributed by atoms with Gasteiger partial charge in [0.05, 0.1) is 12.2 Å². The lowest BCUT2D eigenvalue weighted by Gasteiger charge is -2.27. The molecular formula is C14H14N2O2. The first-order valence-electron chi connectivity index (χ1n) is 6.32. The molecule has 1 aromatic rings. The van der Waals surface area contributed by atoms with Crippen LogP contribution in [-0.4, -0.2) is 23.0 Å². The smallest absolute Gasteiger partial charge is 0.166 e. The van der Waals surface area contributed by atoms with Crippen LogP contribution in [0.3, 0.4) is 0 Å². The zero-order valence-electron chi connectivity index (χ0n) is 10.0. The number of carbonyl (C=O) groups excluding carboxylic acids is 1. The van der Waals surface area contributed by atoms with E-state index in [1.807, 2.05) is 6.07 Å². The Balaban J connectivity index is 1.80. The van der Waals surface area contributed by atoms with Crippen molar-refractivity contribution in [1.29, 1.82) is 5.26 Å². The van der Waals surface area contributed by atoms with Gasteiger partial charge in [-0.15, -0.1) is 0 Å². The van der Waals surface area contributed by atoms with Gasteiger partial charge in [0, 0.05) is 17.7 Å². The molecule has 3 rings (SSSR count). The van der Waals surface area contributed by atoms with E-state index in [9.17, 15) is 4.79 Å². The van der Waals surface area contributed by atoms with Gasteiger partial charge >= 0.3 is 0 Å². The number of nitrogens with zero attached hydrogens (tertiary/aromatic N) is 2. The number of ketones is 1. The highest BCUT2D eigenvalue weighted by atomic mass is 16.5. The van der Waals surface area contributed by atoms with Crippen LogP contribution in [0.2, 0.25) is 0 Å². The van der Waals surface area contributed by atoms with Crippen LogP contribution in [0.5, 0.6) is 0 Å². The van der Waals surface area contributed by atoms with Gasteiger partial charge in [-0.05, 0) is 37.8 Å². The molecule has 2 fully saturated rings. The second-order valence-corrected chi connectivity index (χ2v) is 5.03. The maximum atomic E-state index is 12.4. The second kappa shape index (κ2) is 4.51. The zero-order valence-corrected chi connectivity index (χ0v) is 10.0. The van der Waals surface area contributed by atoms with Crippen LogP contribution in [-0.2, 0) is 4.74 Å². The monoisotopic (exact) mass is 242 g/mol. The maximum absolute atomic E-state index is 12.4. The molecule has 0 N–H and O–H groups in total. The first kappa shape index (κ1) is 11.4. The van der Waals surface area contributed by atoms with Crippen molar-refractivity contribution in [1.82, 2.24) is 4.98 Å². The van der Waals surface area contributed by atoms with Gasteiger partial charge in [0.2, 0.25) is 0 Å². The van der Waals surface area contributed by atoms with Gasteiger partial charge in [-0.3, -0.25) is 4.79 Å². The van der Waals surface area contributed by atoms with Gasteiger partial charge in [0.15, 0.2) is 5.78 Å². The predicted molar refractivity (Wildman–Crippen MR) is 63.9 cm³/mol. The number of ether oxygens (including phenoxy) is 1. The summed E-state index contributed by atoms with van der Waals surface area (Å²) in [5, 5.41) is 8.80. The Morgan fingerprint density at radius 1 is 1.39 bits per heavy atom. The molecule has 4 nitrogen and oxygen atoms in total. The minimum atomic E-state index is 0.0465. The van der Waals surface area contributed by atoms with E-state index in [4.69, 9.17) is 10.00 Å². The third kappa shape index (κ3) is 2.02. The number of Topliss-reactive ketones (excluding diaryl/α,β-unsaturated/α-hetero) is 1. The Hall–Kier alpha value is -1.73.